The van der Waals surface area contributed by atoms with Gasteiger partial charge in [0.15, 0.2) is 5.84 Å². The summed E-state index contributed by atoms with van der Waals surface area (Å²) in [6.45, 7) is 2.99. The van der Waals surface area contributed by atoms with Gasteiger partial charge in [-0.25, -0.2) is 0 Å². The highest BCUT2D eigenvalue weighted by molar-refractivity contribution is 5.97. The Morgan fingerprint density at radius 2 is 2.26 bits per heavy atom. The third-order valence-electron chi connectivity index (χ3n) is 3.64. The molecule has 0 saturated heterocycles. The number of methoxy groups -OCH3 is 1. The quantitative estimate of drug-likeness (QED) is 0.327. The number of nitrogens with one attached hydrogen (secondary N) is 1. The molecule has 0 bridgehead atoms. The molecule has 2 rings (SSSR count). The number of rotatable bonds is 5. The van der Waals surface area contributed by atoms with E-state index < -0.39 is 0 Å². The van der Waals surface area contributed by atoms with Crippen molar-refractivity contribution in [3.63, 3.8) is 0 Å². The Morgan fingerprint density at radius 1 is 1.53 bits per heavy atom. The molecule has 1 aliphatic carbocycles. The molecule has 0 aromatic heterocycles. The highest BCUT2D eigenvalue weighted by Crippen LogP contribution is 2.27. The van der Waals surface area contributed by atoms with E-state index in [0.29, 0.717) is 11.6 Å². The first-order valence-electron chi connectivity index (χ1n) is 6.52. The van der Waals surface area contributed by atoms with Crippen LogP contribution in [0.1, 0.15) is 30.9 Å². The van der Waals surface area contributed by atoms with Crippen molar-refractivity contribution in [3.05, 3.63) is 29.3 Å². The van der Waals surface area contributed by atoms with Gasteiger partial charge in [-0.15, -0.1) is 0 Å². The molecule has 1 aromatic carbocycles. The van der Waals surface area contributed by atoms with Gasteiger partial charge < -0.3 is 21.0 Å². The van der Waals surface area contributed by atoms with Crippen molar-refractivity contribution < 1.29 is 9.94 Å². The monoisotopic (exact) mass is 263 g/mol. The number of oxime groups is 1. The summed E-state index contributed by atoms with van der Waals surface area (Å²) >= 11 is 0. The predicted octanol–water partition coefficient (Wildman–Crippen LogP) is 1.68. The fourth-order valence-corrected chi connectivity index (χ4v) is 2.46. The zero-order chi connectivity index (χ0) is 13.8. The first kappa shape index (κ1) is 13.7. The van der Waals surface area contributed by atoms with E-state index in [9.17, 15) is 0 Å². The molecular formula is C14H21N3O2. The number of hydrogen-bond acceptors (Lipinski definition) is 4. The van der Waals surface area contributed by atoms with E-state index in [2.05, 4.69) is 17.4 Å². The van der Waals surface area contributed by atoms with Gasteiger partial charge >= 0.3 is 0 Å². The lowest BCUT2D eigenvalue weighted by Gasteiger charge is -2.33. The first-order valence-corrected chi connectivity index (χ1v) is 6.52. The van der Waals surface area contributed by atoms with Gasteiger partial charge in [0, 0.05) is 23.7 Å². The fraction of sp³-hybridized carbons (Fsp3) is 0.500. The number of hydrogen-bond donors (Lipinski definition) is 3. The van der Waals surface area contributed by atoms with Crippen molar-refractivity contribution >= 4 is 5.84 Å². The second-order valence-corrected chi connectivity index (χ2v) is 5.17. The van der Waals surface area contributed by atoms with Crippen LogP contribution in [0.3, 0.4) is 0 Å². The number of amidine groups is 1. The van der Waals surface area contributed by atoms with Crippen LogP contribution in [-0.2, 0) is 6.54 Å². The minimum absolute atomic E-state index is 0.112. The largest absolute Gasteiger partial charge is 0.496 e. The van der Waals surface area contributed by atoms with Gasteiger partial charge in [0.05, 0.1) is 7.11 Å². The second-order valence-electron chi connectivity index (χ2n) is 5.17. The minimum atomic E-state index is 0.112. The van der Waals surface area contributed by atoms with Gasteiger partial charge in [-0.1, -0.05) is 12.1 Å². The summed E-state index contributed by atoms with van der Waals surface area (Å²) in [7, 11) is 1.65. The van der Waals surface area contributed by atoms with Crippen LogP contribution in [-0.4, -0.2) is 24.2 Å². The van der Waals surface area contributed by atoms with Crippen LogP contribution in [0.15, 0.2) is 23.4 Å². The predicted molar refractivity (Wildman–Crippen MR) is 74.5 cm³/mol. The molecular weight excluding hydrogens is 242 g/mol. The fourth-order valence-electron chi connectivity index (χ4n) is 2.46. The van der Waals surface area contributed by atoms with Crippen molar-refractivity contribution in [2.45, 2.75) is 32.4 Å². The average Bonchev–Trinajstić information content (AvgIpc) is 2.41. The second kappa shape index (κ2) is 5.93. The Balaban J connectivity index is 2.07. The molecule has 0 unspecified atom stereocenters. The van der Waals surface area contributed by atoms with Crippen LogP contribution < -0.4 is 15.8 Å². The molecule has 1 fully saturated rings. The Bertz CT molecular complexity index is 468. The van der Waals surface area contributed by atoms with Crippen molar-refractivity contribution in [1.82, 2.24) is 5.32 Å². The number of benzene rings is 1. The highest BCUT2D eigenvalue weighted by Gasteiger charge is 2.24. The summed E-state index contributed by atoms with van der Waals surface area (Å²) in [5.74, 6) is 1.75. The maximum Gasteiger partial charge on any atom is 0.170 e. The summed E-state index contributed by atoms with van der Waals surface area (Å²) in [5.41, 5.74) is 7.32. The molecule has 5 nitrogen and oxygen atoms in total. The molecule has 0 atom stereocenters. The van der Waals surface area contributed by atoms with Gasteiger partial charge in [0.25, 0.3) is 0 Å². The molecule has 4 N–H and O–H groups in total. The number of nitrogens with two attached hydrogens (primary N) is 1. The molecule has 19 heavy (non-hydrogen) atoms. The van der Waals surface area contributed by atoms with Gasteiger partial charge in [-0.3, -0.25) is 0 Å². The van der Waals surface area contributed by atoms with Gasteiger partial charge in [0.2, 0.25) is 0 Å². The molecule has 1 saturated carbocycles. The van der Waals surface area contributed by atoms with Crippen LogP contribution in [0.25, 0.3) is 0 Å². The van der Waals surface area contributed by atoms with E-state index in [4.69, 9.17) is 15.7 Å². The standard InChI is InChI=1S/C14H21N3O2/c1-9-5-12(6-9)16-8-11-7-10(14(15)17-18)3-4-13(11)19-2/h3-4,7,9,12,16,18H,5-6,8H2,1-2H3,(H2,15,17). The molecule has 5 heteroatoms. The van der Waals surface area contributed by atoms with Gasteiger partial charge in [-0.2, -0.15) is 0 Å². The third-order valence-corrected chi connectivity index (χ3v) is 3.64. The van der Waals surface area contributed by atoms with E-state index in [1.54, 1.807) is 13.2 Å². The van der Waals surface area contributed by atoms with E-state index in [1.165, 1.54) is 12.8 Å². The molecule has 1 aliphatic rings. The zero-order valence-electron chi connectivity index (χ0n) is 11.4. The van der Waals surface area contributed by atoms with Gasteiger partial charge in [0.1, 0.15) is 5.75 Å². The summed E-state index contributed by atoms with van der Waals surface area (Å²) in [4.78, 5) is 0. The maximum atomic E-state index is 8.72. The van der Waals surface area contributed by atoms with Crippen LogP contribution in [0.5, 0.6) is 5.75 Å². The summed E-state index contributed by atoms with van der Waals surface area (Å²) < 4.78 is 5.34. The normalized spacial score (nSPS) is 22.9. The SMILES string of the molecule is COc1ccc(/C(N)=N/O)cc1CNC1CC(C)C1. The Kier molecular flexibility index (Phi) is 4.27. The Labute approximate surface area is 113 Å². The Hall–Kier alpha value is -1.75. The van der Waals surface area contributed by atoms with E-state index in [-0.39, 0.29) is 5.84 Å². The smallest absolute Gasteiger partial charge is 0.170 e. The number of nitrogens with zero attached hydrogens (tertiary/aromatic N) is 1. The van der Waals surface area contributed by atoms with Crippen molar-refractivity contribution in [1.29, 1.82) is 0 Å². The van der Waals surface area contributed by atoms with Crippen LogP contribution in [0, 0.1) is 5.92 Å². The lowest BCUT2D eigenvalue weighted by Crippen LogP contribution is -2.39. The highest BCUT2D eigenvalue weighted by atomic mass is 16.5. The van der Waals surface area contributed by atoms with Crippen molar-refractivity contribution in [2.75, 3.05) is 7.11 Å². The lowest BCUT2D eigenvalue weighted by atomic mass is 9.82. The molecule has 1 aromatic rings. The first-order chi connectivity index (χ1) is 9.13. The summed E-state index contributed by atoms with van der Waals surface area (Å²) in [6, 6.07) is 6.10. The zero-order valence-corrected chi connectivity index (χ0v) is 11.4. The van der Waals surface area contributed by atoms with Crippen molar-refractivity contribution in [2.24, 2.45) is 16.8 Å². The lowest BCUT2D eigenvalue weighted by molar-refractivity contribution is 0.239. The summed E-state index contributed by atoms with van der Waals surface area (Å²) in [6.07, 6.45) is 2.45. The van der Waals surface area contributed by atoms with E-state index >= 15 is 0 Å². The molecule has 0 heterocycles. The van der Waals surface area contributed by atoms with Crippen molar-refractivity contribution in [3.8, 4) is 5.75 Å². The topological polar surface area (TPSA) is 79.9 Å². The van der Waals surface area contributed by atoms with Crippen LogP contribution >= 0.6 is 0 Å². The van der Waals surface area contributed by atoms with Gasteiger partial charge in [-0.05, 0) is 37.0 Å². The minimum Gasteiger partial charge on any atom is -0.496 e. The molecule has 0 spiro atoms. The van der Waals surface area contributed by atoms with Crippen LogP contribution in [0.4, 0.5) is 0 Å². The Morgan fingerprint density at radius 3 is 2.84 bits per heavy atom. The number of ether oxygens (including phenoxy) is 1. The van der Waals surface area contributed by atoms with E-state index in [0.717, 1.165) is 23.8 Å². The maximum absolute atomic E-state index is 8.72. The van der Waals surface area contributed by atoms with E-state index in [1.807, 2.05) is 12.1 Å². The molecule has 104 valence electrons. The third kappa shape index (κ3) is 3.17. The molecule has 0 aliphatic heterocycles. The molecule has 0 amide bonds. The van der Waals surface area contributed by atoms with Crippen LogP contribution in [0.2, 0.25) is 0 Å². The molecule has 0 radical (unpaired) electrons. The summed E-state index contributed by atoms with van der Waals surface area (Å²) in [5, 5.41) is 15.2. The average molecular weight is 263 g/mol.